The van der Waals surface area contributed by atoms with E-state index in [2.05, 4.69) is 5.32 Å². The number of benzene rings is 1. The Balaban J connectivity index is 2.01. The first kappa shape index (κ1) is 13.6. The molecule has 3 amide bonds. The molecule has 6 nitrogen and oxygen atoms in total. The van der Waals surface area contributed by atoms with Gasteiger partial charge in [0.05, 0.1) is 18.2 Å². The number of nitrogens with one attached hydrogen (secondary N) is 1. The van der Waals surface area contributed by atoms with Gasteiger partial charge in [0, 0.05) is 6.54 Å². The molecule has 1 N–H and O–H groups in total. The number of nitrogens with zero attached hydrogens (tertiary/aromatic N) is 1. The van der Waals surface area contributed by atoms with Gasteiger partial charge in [0.25, 0.3) is 11.8 Å². The lowest BCUT2D eigenvalue weighted by Crippen LogP contribution is -2.48. The fourth-order valence-electron chi connectivity index (χ4n) is 2.90. The van der Waals surface area contributed by atoms with Crippen molar-refractivity contribution < 1.29 is 19.1 Å². The molecule has 1 aromatic rings. The molecule has 0 bridgehead atoms. The monoisotopic (exact) mass is 288 g/mol. The summed E-state index contributed by atoms with van der Waals surface area (Å²) in [5.74, 6) is -0.770. The number of fused-ring (bicyclic) bond motifs is 1. The van der Waals surface area contributed by atoms with E-state index < -0.39 is 17.9 Å². The molecule has 1 atom stereocenters. The van der Waals surface area contributed by atoms with Crippen LogP contribution in [0, 0.1) is 0 Å². The van der Waals surface area contributed by atoms with Gasteiger partial charge >= 0.3 is 0 Å². The molecule has 0 spiro atoms. The lowest BCUT2D eigenvalue weighted by Gasteiger charge is -2.23. The van der Waals surface area contributed by atoms with Crippen LogP contribution in [0.25, 0.3) is 0 Å². The van der Waals surface area contributed by atoms with Gasteiger partial charge in [-0.05, 0) is 31.4 Å². The van der Waals surface area contributed by atoms with Crippen molar-refractivity contribution in [3.05, 3.63) is 29.3 Å². The molecule has 1 fully saturated rings. The van der Waals surface area contributed by atoms with Gasteiger partial charge in [-0.15, -0.1) is 0 Å². The first-order valence-corrected chi connectivity index (χ1v) is 6.97. The van der Waals surface area contributed by atoms with Crippen LogP contribution in [0.4, 0.5) is 0 Å². The molecule has 2 aliphatic heterocycles. The zero-order valence-corrected chi connectivity index (χ0v) is 11.7. The Morgan fingerprint density at radius 3 is 2.76 bits per heavy atom. The molecule has 1 unspecified atom stereocenters. The highest BCUT2D eigenvalue weighted by Gasteiger charge is 2.44. The minimum atomic E-state index is -0.732. The molecule has 1 aromatic carbocycles. The molecule has 21 heavy (non-hydrogen) atoms. The van der Waals surface area contributed by atoms with Crippen LogP contribution in [0.15, 0.2) is 18.2 Å². The first-order valence-electron chi connectivity index (χ1n) is 6.97. The van der Waals surface area contributed by atoms with E-state index in [0.717, 1.165) is 17.7 Å². The molecular weight excluding hydrogens is 272 g/mol. The van der Waals surface area contributed by atoms with E-state index in [0.29, 0.717) is 24.3 Å². The second kappa shape index (κ2) is 5.20. The molecule has 2 aliphatic rings. The predicted octanol–water partition coefficient (Wildman–Crippen LogP) is 0.960. The molecule has 110 valence electrons. The second-order valence-electron chi connectivity index (χ2n) is 5.17. The number of hydrogen-bond acceptors (Lipinski definition) is 4. The van der Waals surface area contributed by atoms with Crippen LogP contribution < -0.4 is 10.1 Å². The van der Waals surface area contributed by atoms with Crippen molar-refractivity contribution in [3.8, 4) is 5.75 Å². The van der Waals surface area contributed by atoms with Crippen LogP contribution in [-0.2, 0) is 4.79 Å². The summed E-state index contributed by atoms with van der Waals surface area (Å²) < 4.78 is 5.16. The molecule has 0 radical (unpaired) electrons. The molecule has 1 saturated heterocycles. The van der Waals surface area contributed by atoms with Crippen molar-refractivity contribution in [2.24, 2.45) is 0 Å². The average molecular weight is 288 g/mol. The van der Waals surface area contributed by atoms with Gasteiger partial charge in [0.2, 0.25) is 5.91 Å². The quantitative estimate of drug-likeness (QED) is 0.822. The molecule has 2 heterocycles. The lowest BCUT2D eigenvalue weighted by atomic mass is 10.1. The van der Waals surface area contributed by atoms with E-state index in [1.165, 1.54) is 7.11 Å². The molecular formula is C15H16N2O4. The van der Waals surface area contributed by atoms with Gasteiger partial charge in [-0.3, -0.25) is 19.3 Å². The summed E-state index contributed by atoms with van der Waals surface area (Å²) in [6, 6.07) is 4.16. The number of imide groups is 1. The highest BCUT2D eigenvalue weighted by molar-refractivity contribution is 6.24. The highest BCUT2D eigenvalue weighted by Crippen LogP contribution is 2.33. The summed E-state index contributed by atoms with van der Waals surface area (Å²) >= 11 is 0. The van der Waals surface area contributed by atoms with E-state index in [4.69, 9.17) is 4.74 Å². The van der Waals surface area contributed by atoms with E-state index in [1.807, 2.05) is 0 Å². The number of methoxy groups -OCH3 is 1. The van der Waals surface area contributed by atoms with Crippen LogP contribution in [0.5, 0.6) is 5.75 Å². The zero-order chi connectivity index (χ0) is 15.0. The van der Waals surface area contributed by atoms with Crippen molar-refractivity contribution in [1.29, 1.82) is 0 Å². The van der Waals surface area contributed by atoms with Gasteiger partial charge in [0.15, 0.2) is 0 Å². The van der Waals surface area contributed by atoms with Gasteiger partial charge in [-0.1, -0.05) is 6.07 Å². The summed E-state index contributed by atoms with van der Waals surface area (Å²) in [5, 5.41) is 2.75. The van der Waals surface area contributed by atoms with Crippen molar-refractivity contribution >= 4 is 17.7 Å². The van der Waals surface area contributed by atoms with Crippen LogP contribution in [0.3, 0.4) is 0 Å². The van der Waals surface area contributed by atoms with Crippen molar-refractivity contribution in [2.75, 3.05) is 13.7 Å². The maximum Gasteiger partial charge on any atom is 0.266 e. The summed E-state index contributed by atoms with van der Waals surface area (Å²) in [6.07, 6.45) is 2.16. The Bertz CT molecular complexity index is 626. The van der Waals surface area contributed by atoms with Gasteiger partial charge in [0.1, 0.15) is 11.8 Å². The number of hydrogen-bond donors (Lipinski definition) is 1. The van der Waals surface area contributed by atoms with E-state index in [1.54, 1.807) is 18.2 Å². The Kier molecular flexibility index (Phi) is 3.37. The molecule has 3 rings (SSSR count). The maximum atomic E-state index is 12.6. The average Bonchev–Trinajstić information content (AvgIpc) is 2.65. The van der Waals surface area contributed by atoms with Crippen LogP contribution in [0.1, 0.15) is 40.0 Å². The Morgan fingerprint density at radius 2 is 2.00 bits per heavy atom. The Morgan fingerprint density at radius 1 is 1.19 bits per heavy atom. The van der Waals surface area contributed by atoms with E-state index >= 15 is 0 Å². The number of carbonyl (C=O) groups excluding carboxylic acids is 3. The third-order valence-corrected chi connectivity index (χ3v) is 3.95. The van der Waals surface area contributed by atoms with Crippen molar-refractivity contribution in [3.63, 3.8) is 0 Å². The van der Waals surface area contributed by atoms with Crippen LogP contribution in [-0.4, -0.2) is 42.3 Å². The van der Waals surface area contributed by atoms with Crippen molar-refractivity contribution in [1.82, 2.24) is 10.2 Å². The van der Waals surface area contributed by atoms with Gasteiger partial charge in [-0.25, -0.2) is 0 Å². The van der Waals surface area contributed by atoms with Crippen LogP contribution in [0.2, 0.25) is 0 Å². The number of amides is 3. The lowest BCUT2D eigenvalue weighted by molar-refractivity contribution is -0.124. The smallest absolute Gasteiger partial charge is 0.266 e. The molecule has 0 aliphatic carbocycles. The number of carbonyl (C=O) groups is 3. The largest absolute Gasteiger partial charge is 0.496 e. The predicted molar refractivity (Wildman–Crippen MR) is 74.1 cm³/mol. The van der Waals surface area contributed by atoms with Crippen LogP contribution >= 0.6 is 0 Å². The SMILES string of the molecule is COc1cccc2c1C(=O)N(C1CCCCNC1=O)C2=O. The standard InChI is InChI=1S/C15H16N2O4/c1-21-11-7-4-5-9-12(11)15(20)17(14(9)19)10-6-2-3-8-16-13(10)18/h4-5,7,10H,2-3,6,8H2,1H3,(H,16,18). The Hall–Kier alpha value is -2.37. The maximum absolute atomic E-state index is 12.6. The highest BCUT2D eigenvalue weighted by atomic mass is 16.5. The summed E-state index contributed by atoms with van der Waals surface area (Å²) in [5.41, 5.74) is 0.554. The minimum absolute atomic E-state index is 0.252. The number of rotatable bonds is 2. The van der Waals surface area contributed by atoms with Crippen molar-refractivity contribution in [2.45, 2.75) is 25.3 Å². The molecule has 6 heteroatoms. The fourth-order valence-corrected chi connectivity index (χ4v) is 2.90. The first-order chi connectivity index (χ1) is 10.1. The number of ether oxygens (including phenoxy) is 1. The summed E-state index contributed by atoms with van der Waals surface area (Å²) in [6.45, 7) is 0.585. The molecule has 0 saturated carbocycles. The van der Waals surface area contributed by atoms with E-state index in [9.17, 15) is 14.4 Å². The third-order valence-electron chi connectivity index (χ3n) is 3.95. The summed E-state index contributed by atoms with van der Waals surface area (Å²) in [7, 11) is 1.45. The summed E-state index contributed by atoms with van der Waals surface area (Å²) in [4.78, 5) is 38.3. The normalized spacial score (nSPS) is 21.9. The Labute approximate surface area is 122 Å². The van der Waals surface area contributed by atoms with Gasteiger partial charge in [-0.2, -0.15) is 0 Å². The fraction of sp³-hybridized carbons (Fsp3) is 0.400. The third kappa shape index (κ3) is 2.07. The van der Waals surface area contributed by atoms with E-state index in [-0.39, 0.29) is 11.5 Å². The zero-order valence-electron chi connectivity index (χ0n) is 11.7. The topological polar surface area (TPSA) is 75.7 Å². The molecule has 0 aromatic heterocycles. The minimum Gasteiger partial charge on any atom is -0.496 e. The second-order valence-corrected chi connectivity index (χ2v) is 5.17. The van der Waals surface area contributed by atoms with Gasteiger partial charge < -0.3 is 10.1 Å².